The van der Waals surface area contributed by atoms with Crippen molar-refractivity contribution < 1.29 is 14.6 Å². The second-order valence-corrected chi connectivity index (χ2v) is 2.88. The van der Waals surface area contributed by atoms with Gasteiger partial charge in [0.1, 0.15) is 0 Å². The highest BCUT2D eigenvalue weighted by Gasteiger charge is 2.07. The Morgan fingerprint density at radius 3 is 2.38 bits per heavy atom. The number of carbonyl (C=O) groups is 1. The summed E-state index contributed by atoms with van der Waals surface area (Å²) in [6.07, 6.45) is -0.118. The molecule has 1 rings (SSSR count). The number of hydrogen-bond acceptors (Lipinski definition) is 3. The van der Waals surface area contributed by atoms with Gasteiger partial charge in [-0.3, -0.25) is 4.89 Å². The molecule has 0 bridgehead atoms. The molecule has 0 aliphatic rings. The normalized spacial score (nSPS) is 10.1. The fraction of sp³-hybridized carbons (Fsp3) is 0.300. The van der Waals surface area contributed by atoms with Crippen molar-refractivity contribution in [3.05, 3.63) is 35.9 Å². The molecule has 3 nitrogen and oxygen atoms in total. The molecule has 1 aromatic rings. The second kappa shape index (κ2) is 4.62. The summed E-state index contributed by atoms with van der Waals surface area (Å²) in [5.41, 5.74) is 0.489. The van der Waals surface area contributed by atoms with Gasteiger partial charge < -0.3 is 0 Å². The molecule has 0 aliphatic carbocycles. The van der Waals surface area contributed by atoms with Crippen molar-refractivity contribution in [2.45, 2.75) is 20.0 Å². The molecule has 0 spiro atoms. The third-order valence-corrected chi connectivity index (χ3v) is 1.33. The molecule has 0 aromatic heterocycles. The molecule has 0 unspecified atom stereocenters. The van der Waals surface area contributed by atoms with Crippen molar-refractivity contribution in [2.24, 2.45) is 0 Å². The molecule has 13 heavy (non-hydrogen) atoms. The van der Waals surface area contributed by atoms with Crippen LogP contribution in [0.25, 0.3) is 0 Å². The van der Waals surface area contributed by atoms with Crippen LogP contribution in [0.15, 0.2) is 30.3 Å². The number of hydrogen-bond donors (Lipinski definition) is 0. The quantitative estimate of drug-likeness (QED) is 0.528. The standard InChI is InChI=1S/C10H12O3/c1-8(2)12-13-10(11)9-6-4-3-5-7-9/h3-8H,1-2H3. The Labute approximate surface area is 77.2 Å². The lowest BCUT2D eigenvalue weighted by molar-refractivity contribution is -0.265. The van der Waals surface area contributed by atoms with E-state index in [-0.39, 0.29) is 6.10 Å². The first-order valence-corrected chi connectivity index (χ1v) is 4.13. The van der Waals surface area contributed by atoms with Crippen LogP contribution in [0.1, 0.15) is 24.2 Å². The van der Waals surface area contributed by atoms with Crippen LogP contribution in [0, 0.1) is 0 Å². The predicted octanol–water partition coefficient (Wildman–Crippen LogP) is 2.18. The van der Waals surface area contributed by atoms with Crippen LogP contribution in [0.2, 0.25) is 0 Å². The third-order valence-electron chi connectivity index (χ3n) is 1.33. The SMILES string of the molecule is CC(C)OOC(=O)c1ccccc1. The van der Waals surface area contributed by atoms with E-state index in [1.165, 1.54) is 0 Å². The molecule has 0 atom stereocenters. The van der Waals surface area contributed by atoms with Gasteiger partial charge in [-0.25, -0.2) is 4.79 Å². The van der Waals surface area contributed by atoms with Gasteiger partial charge in [0.25, 0.3) is 0 Å². The molecular formula is C10H12O3. The summed E-state index contributed by atoms with van der Waals surface area (Å²) >= 11 is 0. The van der Waals surface area contributed by atoms with Gasteiger partial charge in [0.2, 0.25) is 0 Å². The molecule has 1 aromatic carbocycles. The van der Waals surface area contributed by atoms with Gasteiger partial charge >= 0.3 is 5.97 Å². The Balaban J connectivity index is 2.50. The summed E-state index contributed by atoms with van der Waals surface area (Å²) in [6, 6.07) is 8.72. The highest BCUT2D eigenvalue weighted by molar-refractivity contribution is 5.88. The van der Waals surface area contributed by atoms with E-state index in [9.17, 15) is 4.79 Å². The Kier molecular flexibility index (Phi) is 3.46. The molecule has 0 heterocycles. The molecule has 0 aliphatic heterocycles. The van der Waals surface area contributed by atoms with Crippen molar-refractivity contribution in [3.8, 4) is 0 Å². The smallest absolute Gasteiger partial charge is 0.293 e. The van der Waals surface area contributed by atoms with Gasteiger partial charge in [0.15, 0.2) is 0 Å². The summed E-state index contributed by atoms with van der Waals surface area (Å²) in [7, 11) is 0. The number of rotatable bonds is 3. The summed E-state index contributed by atoms with van der Waals surface area (Å²) in [5.74, 6) is -0.464. The van der Waals surface area contributed by atoms with E-state index in [1.54, 1.807) is 38.1 Å². The molecule has 0 saturated carbocycles. The Hall–Kier alpha value is -1.35. The lowest BCUT2D eigenvalue weighted by Crippen LogP contribution is -2.10. The van der Waals surface area contributed by atoms with Gasteiger partial charge in [0, 0.05) is 0 Å². The third kappa shape index (κ3) is 3.25. The van der Waals surface area contributed by atoms with Crippen LogP contribution in [0.4, 0.5) is 0 Å². The van der Waals surface area contributed by atoms with Crippen LogP contribution >= 0.6 is 0 Å². The van der Waals surface area contributed by atoms with Crippen molar-refractivity contribution in [1.82, 2.24) is 0 Å². The van der Waals surface area contributed by atoms with Crippen LogP contribution in [0.3, 0.4) is 0 Å². The summed E-state index contributed by atoms with van der Waals surface area (Å²) in [4.78, 5) is 20.5. The lowest BCUT2D eigenvalue weighted by Gasteiger charge is -2.05. The minimum atomic E-state index is -0.464. The lowest BCUT2D eigenvalue weighted by atomic mass is 10.2. The molecule has 0 fully saturated rings. The van der Waals surface area contributed by atoms with Crippen molar-refractivity contribution in [1.29, 1.82) is 0 Å². The van der Waals surface area contributed by atoms with Crippen molar-refractivity contribution >= 4 is 5.97 Å². The van der Waals surface area contributed by atoms with Crippen molar-refractivity contribution in [2.75, 3.05) is 0 Å². The Morgan fingerprint density at radius 1 is 1.23 bits per heavy atom. The molecule has 70 valence electrons. The molecule has 0 saturated heterocycles. The summed E-state index contributed by atoms with van der Waals surface area (Å²) < 4.78 is 0. The zero-order chi connectivity index (χ0) is 9.68. The van der Waals surface area contributed by atoms with Gasteiger partial charge in [-0.2, -0.15) is 4.89 Å². The number of carbonyl (C=O) groups excluding carboxylic acids is 1. The maximum Gasteiger partial charge on any atom is 0.373 e. The molecular weight excluding hydrogens is 168 g/mol. The maximum atomic E-state index is 11.2. The van der Waals surface area contributed by atoms with Crippen LogP contribution < -0.4 is 0 Å². The first-order valence-electron chi connectivity index (χ1n) is 4.13. The highest BCUT2D eigenvalue weighted by Crippen LogP contribution is 2.02. The fourth-order valence-corrected chi connectivity index (χ4v) is 0.762. The van der Waals surface area contributed by atoms with Gasteiger partial charge in [-0.15, -0.1) is 0 Å². The largest absolute Gasteiger partial charge is 0.373 e. The van der Waals surface area contributed by atoms with E-state index in [1.807, 2.05) is 6.07 Å². The topological polar surface area (TPSA) is 35.5 Å². The highest BCUT2D eigenvalue weighted by atomic mass is 17.2. The predicted molar refractivity (Wildman–Crippen MR) is 48.1 cm³/mol. The first kappa shape index (κ1) is 9.74. The maximum absolute atomic E-state index is 11.2. The second-order valence-electron chi connectivity index (χ2n) is 2.88. The van der Waals surface area contributed by atoms with E-state index < -0.39 is 5.97 Å². The van der Waals surface area contributed by atoms with E-state index in [0.717, 1.165) is 0 Å². The monoisotopic (exact) mass is 180 g/mol. The molecule has 0 radical (unpaired) electrons. The first-order chi connectivity index (χ1) is 6.20. The minimum absolute atomic E-state index is 0.118. The molecule has 0 amide bonds. The molecule has 0 N–H and O–H groups in total. The van der Waals surface area contributed by atoms with Crippen LogP contribution in [0.5, 0.6) is 0 Å². The number of benzene rings is 1. The average Bonchev–Trinajstić information content (AvgIpc) is 2.15. The van der Waals surface area contributed by atoms with Gasteiger partial charge in [0.05, 0.1) is 11.7 Å². The Bertz CT molecular complexity index is 267. The van der Waals surface area contributed by atoms with Gasteiger partial charge in [-0.05, 0) is 26.0 Å². The van der Waals surface area contributed by atoms with Gasteiger partial charge in [-0.1, -0.05) is 18.2 Å². The van der Waals surface area contributed by atoms with Crippen LogP contribution in [-0.4, -0.2) is 12.1 Å². The van der Waals surface area contributed by atoms with E-state index in [0.29, 0.717) is 5.56 Å². The fourth-order valence-electron chi connectivity index (χ4n) is 0.762. The van der Waals surface area contributed by atoms with E-state index in [4.69, 9.17) is 4.89 Å². The van der Waals surface area contributed by atoms with Crippen LogP contribution in [-0.2, 0) is 9.78 Å². The molecule has 3 heteroatoms. The minimum Gasteiger partial charge on any atom is -0.293 e. The Morgan fingerprint density at radius 2 is 1.85 bits per heavy atom. The zero-order valence-electron chi connectivity index (χ0n) is 7.69. The summed E-state index contributed by atoms with van der Waals surface area (Å²) in [6.45, 7) is 3.58. The summed E-state index contributed by atoms with van der Waals surface area (Å²) in [5, 5.41) is 0. The van der Waals surface area contributed by atoms with Crippen molar-refractivity contribution in [3.63, 3.8) is 0 Å². The zero-order valence-corrected chi connectivity index (χ0v) is 7.69. The van der Waals surface area contributed by atoms with E-state index >= 15 is 0 Å². The average molecular weight is 180 g/mol. The van der Waals surface area contributed by atoms with E-state index in [2.05, 4.69) is 4.89 Å².